The number of thiophene rings is 1. The van der Waals surface area contributed by atoms with Crippen LogP contribution in [0.4, 0.5) is 5.69 Å². The first-order valence-electron chi connectivity index (χ1n) is 8.11. The minimum atomic E-state index is -0.257. The molecule has 0 spiro atoms. The van der Waals surface area contributed by atoms with Crippen molar-refractivity contribution in [3.8, 4) is 16.2 Å². The molecule has 5 nitrogen and oxygen atoms in total. The molecule has 2 heterocycles. The van der Waals surface area contributed by atoms with Crippen molar-refractivity contribution in [1.29, 1.82) is 0 Å². The summed E-state index contributed by atoms with van der Waals surface area (Å²) in [6.07, 6.45) is 0. The van der Waals surface area contributed by atoms with E-state index in [1.165, 1.54) is 11.3 Å². The fourth-order valence-electron chi connectivity index (χ4n) is 2.91. The molecule has 3 aromatic rings. The minimum absolute atomic E-state index is 0.115. The third kappa shape index (κ3) is 2.95. The van der Waals surface area contributed by atoms with E-state index in [1.807, 2.05) is 42.5 Å². The van der Waals surface area contributed by atoms with Crippen LogP contribution in [0.3, 0.4) is 0 Å². The van der Waals surface area contributed by atoms with Crippen LogP contribution in [-0.2, 0) is 6.54 Å². The van der Waals surface area contributed by atoms with Crippen LogP contribution in [-0.4, -0.2) is 18.9 Å². The first kappa shape index (κ1) is 16.4. The average Bonchev–Trinajstić information content (AvgIpc) is 3.27. The first-order chi connectivity index (χ1) is 12.7. The number of fused-ring (bicyclic) bond motifs is 1. The highest BCUT2D eigenvalue weighted by molar-refractivity contribution is 7.17. The highest BCUT2D eigenvalue weighted by Gasteiger charge is 2.21. The van der Waals surface area contributed by atoms with Crippen molar-refractivity contribution in [2.24, 2.45) is 0 Å². The van der Waals surface area contributed by atoms with E-state index >= 15 is 0 Å². The quantitative estimate of drug-likeness (QED) is 0.737. The molecule has 0 unspecified atom stereocenters. The molecule has 0 saturated carbocycles. The molecule has 2 aromatic carbocycles. The van der Waals surface area contributed by atoms with E-state index in [4.69, 9.17) is 4.74 Å². The van der Waals surface area contributed by atoms with Crippen molar-refractivity contribution in [2.45, 2.75) is 6.54 Å². The number of anilines is 1. The molecule has 130 valence electrons. The summed E-state index contributed by atoms with van der Waals surface area (Å²) in [5.74, 6) is 0.161. The number of carbonyl (C=O) groups excluding carboxylic acids is 2. The van der Waals surface area contributed by atoms with Gasteiger partial charge in [-0.3, -0.25) is 9.59 Å². The van der Waals surface area contributed by atoms with Gasteiger partial charge in [-0.25, -0.2) is 0 Å². The zero-order valence-corrected chi connectivity index (χ0v) is 14.9. The molecule has 0 atom stereocenters. The molecule has 4 rings (SSSR count). The number of methoxy groups -OCH3 is 1. The Hall–Kier alpha value is -3.12. The molecular weight excluding hydrogens is 348 g/mol. The zero-order chi connectivity index (χ0) is 18.1. The van der Waals surface area contributed by atoms with Gasteiger partial charge in [-0.05, 0) is 29.3 Å². The van der Waals surface area contributed by atoms with Crippen LogP contribution in [0.5, 0.6) is 5.75 Å². The normalized spacial score (nSPS) is 12.4. The maximum Gasteiger partial charge on any atom is 0.269 e. The van der Waals surface area contributed by atoms with Gasteiger partial charge in [-0.1, -0.05) is 36.4 Å². The number of rotatable bonds is 4. The van der Waals surface area contributed by atoms with Crippen LogP contribution < -0.4 is 15.4 Å². The molecule has 26 heavy (non-hydrogen) atoms. The summed E-state index contributed by atoms with van der Waals surface area (Å²) in [5.41, 5.74) is 3.16. The molecular formula is C20H16N2O3S. The van der Waals surface area contributed by atoms with E-state index < -0.39 is 0 Å². The Balaban J connectivity index is 1.61. The van der Waals surface area contributed by atoms with Crippen LogP contribution in [0.2, 0.25) is 0 Å². The number of hydrogen-bond donors (Lipinski definition) is 2. The van der Waals surface area contributed by atoms with Crippen LogP contribution in [0.25, 0.3) is 10.4 Å². The number of amides is 2. The Morgan fingerprint density at radius 1 is 1.15 bits per heavy atom. The number of carbonyl (C=O) groups is 2. The second-order valence-electron chi connectivity index (χ2n) is 5.88. The Kier molecular flexibility index (Phi) is 4.18. The Bertz CT molecular complexity index is 996. The molecule has 1 aliphatic heterocycles. The molecule has 1 aliphatic rings. The van der Waals surface area contributed by atoms with Crippen molar-refractivity contribution in [3.63, 3.8) is 0 Å². The van der Waals surface area contributed by atoms with E-state index in [0.29, 0.717) is 28.4 Å². The second-order valence-corrected chi connectivity index (χ2v) is 6.94. The van der Waals surface area contributed by atoms with Gasteiger partial charge in [-0.15, -0.1) is 11.3 Å². The third-order valence-corrected chi connectivity index (χ3v) is 5.40. The number of hydrogen-bond acceptors (Lipinski definition) is 4. The number of ether oxygens (including phenoxy) is 1. The van der Waals surface area contributed by atoms with E-state index in [9.17, 15) is 9.59 Å². The largest absolute Gasteiger partial charge is 0.495 e. The molecule has 0 radical (unpaired) electrons. The summed E-state index contributed by atoms with van der Waals surface area (Å²) in [6.45, 7) is 0.529. The second kappa shape index (κ2) is 6.65. The SMILES string of the molecule is COc1cc(-c2ccccc2)sc1C(=O)Nc1ccc2c(c1)C(=O)NC2. The third-order valence-electron chi connectivity index (χ3n) is 4.23. The number of nitrogens with one attached hydrogen (secondary N) is 2. The van der Waals surface area contributed by atoms with Gasteiger partial charge < -0.3 is 15.4 Å². The van der Waals surface area contributed by atoms with Crippen molar-refractivity contribution in [2.75, 3.05) is 12.4 Å². The Morgan fingerprint density at radius 2 is 1.96 bits per heavy atom. The van der Waals surface area contributed by atoms with Crippen molar-refractivity contribution in [1.82, 2.24) is 5.32 Å². The molecule has 2 N–H and O–H groups in total. The molecule has 0 bridgehead atoms. The minimum Gasteiger partial charge on any atom is -0.495 e. The first-order valence-corrected chi connectivity index (χ1v) is 8.93. The summed E-state index contributed by atoms with van der Waals surface area (Å²) in [6, 6.07) is 17.1. The van der Waals surface area contributed by atoms with E-state index in [-0.39, 0.29) is 11.8 Å². The van der Waals surface area contributed by atoms with E-state index in [2.05, 4.69) is 10.6 Å². The summed E-state index contributed by atoms with van der Waals surface area (Å²) in [4.78, 5) is 26.0. The molecule has 0 fully saturated rings. The monoisotopic (exact) mass is 364 g/mol. The maximum absolute atomic E-state index is 12.7. The van der Waals surface area contributed by atoms with Gasteiger partial charge in [0.2, 0.25) is 0 Å². The summed E-state index contributed by atoms with van der Waals surface area (Å²) in [7, 11) is 1.55. The Labute approximate surface area is 154 Å². The maximum atomic E-state index is 12.7. The van der Waals surface area contributed by atoms with Gasteiger partial charge in [0, 0.05) is 22.7 Å². The fourth-order valence-corrected chi connectivity index (χ4v) is 3.93. The lowest BCUT2D eigenvalue weighted by atomic mass is 10.1. The summed E-state index contributed by atoms with van der Waals surface area (Å²) < 4.78 is 5.38. The highest BCUT2D eigenvalue weighted by Crippen LogP contribution is 2.36. The van der Waals surface area contributed by atoms with Crippen LogP contribution in [0.1, 0.15) is 25.6 Å². The highest BCUT2D eigenvalue weighted by atomic mass is 32.1. The smallest absolute Gasteiger partial charge is 0.269 e. The Morgan fingerprint density at radius 3 is 2.73 bits per heavy atom. The lowest BCUT2D eigenvalue weighted by Crippen LogP contribution is -2.13. The van der Waals surface area contributed by atoms with Gasteiger partial charge in [0.15, 0.2) is 0 Å². The molecule has 2 amide bonds. The lowest BCUT2D eigenvalue weighted by molar-refractivity contribution is 0.0964. The van der Waals surface area contributed by atoms with Gasteiger partial charge >= 0.3 is 0 Å². The van der Waals surface area contributed by atoms with Crippen molar-refractivity contribution >= 4 is 28.8 Å². The van der Waals surface area contributed by atoms with Crippen LogP contribution >= 0.6 is 11.3 Å². The van der Waals surface area contributed by atoms with Crippen molar-refractivity contribution in [3.05, 3.63) is 70.6 Å². The van der Waals surface area contributed by atoms with Gasteiger partial charge in [0.25, 0.3) is 11.8 Å². The molecule has 6 heteroatoms. The average molecular weight is 364 g/mol. The zero-order valence-electron chi connectivity index (χ0n) is 14.0. The summed E-state index contributed by atoms with van der Waals surface area (Å²) in [5, 5.41) is 5.63. The van der Waals surface area contributed by atoms with E-state index in [0.717, 1.165) is 16.0 Å². The van der Waals surface area contributed by atoms with E-state index in [1.54, 1.807) is 19.2 Å². The summed E-state index contributed by atoms with van der Waals surface area (Å²) >= 11 is 1.37. The fraction of sp³-hybridized carbons (Fsp3) is 0.100. The number of benzene rings is 2. The predicted molar refractivity (Wildman–Crippen MR) is 102 cm³/mol. The topological polar surface area (TPSA) is 67.4 Å². The molecule has 1 aromatic heterocycles. The molecule has 0 saturated heterocycles. The predicted octanol–water partition coefficient (Wildman–Crippen LogP) is 3.92. The van der Waals surface area contributed by atoms with Gasteiger partial charge in [0.05, 0.1) is 7.11 Å². The van der Waals surface area contributed by atoms with Crippen molar-refractivity contribution < 1.29 is 14.3 Å². The standard InChI is InChI=1S/C20H16N2O3S/c1-25-16-10-17(12-5-3-2-4-6-12)26-18(16)20(24)22-14-8-7-13-11-21-19(23)15(13)9-14/h2-10H,11H2,1H3,(H,21,23)(H,22,24). The lowest BCUT2D eigenvalue weighted by Gasteiger charge is -2.06. The van der Waals surface area contributed by atoms with Crippen LogP contribution in [0.15, 0.2) is 54.6 Å². The van der Waals surface area contributed by atoms with Gasteiger partial charge in [0.1, 0.15) is 10.6 Å². The van der Waals surface area contributed by atoms with Crippen LogP contribution in [0, 0.1) is 0 Å². The molecule has 0 aliphatic carbocycles. The van der Waals surface area contributed by atoms with Gasteiger partial charge in [-0.2, -0.15) is 0 Å².